The van der Waals surface area contributed by atoms with Gasteiger partial charge in [0, 0.05) is 18.8 Å². The van der Waals surface area contributed by atoms with Crippen LogP contribution in [0.3, 0.4) is 0 Å². The number of nitrogens with one attached hydrogen (secondary N) is 1. The number of hydrogen-bond acceptors (Lipinski definition) is 4. The van der Waals surface area contributed by atoms with Crippen molar-refractivity contribution in [1.82, 2.24) is 14.8 Å². The van der Waals surface area contributed by atoms with Gasteiger partial charge in [0.25, 0.3) is 0 Å². The SMILES string of the molecule is NCC1(CC(=O)Nc2ccc(-n3cccn3)nc2)CCC1. The molecule has 0 saturated heterocycles. The second kappa shape index (κ2) is 5.65. The molecule has 0 aromatic carbocycles. The van der Waals surface area contributed by atoms with Crippen molar-refractivity contribution in [2.45, 2.75) is 25.7 Å². The van der Waals surface area contributed by atoms with Crippen LogP contribution in [0.1, 0.15) is 25.7 Å². The fourth-order valence-electron chi connectivity index (χ4n) is 2.68. The molecule has 2 heterocycles. The molecule has 1 amide bonds. The van der Waals surface area contributed by atoms with Crippen LogP contribution in [0.4, 0.5) is 5.69 Å². The first kappa shape index (κ1) is 13.8. The van der Waals surface area contributed by atoms with Crippen molar-refractivity contribution in [1.29, 1.82) is 0 Å². The minimum Gasteiger partial charge on any atom is -0.330 e. The molecule has 2 aromatic rings. The van der Waals surface area contributed by atoms with Crippen molar-refractivity contribution in [2.24, 2.45) is 11.1 Å². The van der Waals surface area contributed by atoms with Crippen molar-refractivity contribution in [3.05, 3.63) is 36.8 Å². The lowest BCUT2D eigenvalue weighted by atomic mass is 9.66. The first-order valence-electron chi connectivity index (χ1n) is 7.17. The van der Waals surface area contributed by atoms with Gasteiger partial charge < -0.3 is 11.1 Å². The van der Waals surface area contributed by atoms with Gasteiger partial charge in [-0.3, -0.25) is 4.79 Å². The minimum absolute atomic E-state index is 0.00814. The van der Waals surface area contributed by atoms with Gasteiger partial charge in [-0.05, 0) is 43.0 Å². The van der Waals surface area contributed by atoms with Gasteiger partial charge in [0.15, 0.2) is 5.82 Å². The highest BCUT2D eigenvalue weighted by atomic mass is 16.1. The lowest BCUT2D eigenvalue weighted by Crippen LogP contribution is -2.40. The van der Waals surface area contributed by atoms with E-state index in [9.17, 15) is 4.79 Å². The Morgan fingerprint density at radius 2 is 2.29 bits per heavy atom. The maximum atomic E-state index is 12.1. The van der Waals surface area contributed by atoms with Crippen molar-refractivity contribution >= 4 is 11.6 Å². The molecule has 110 valence electrons. The second-order valence-corrected chi connectivity index (χ2v) is 5.64. The summed E-state index contributed by atoms with van der Waals surface area (Å²) in [6.45, 7) is 0.580. The molecule has 0 aliphatic heterocycles. The molecule has 1 aliphatic rings. The van der Waals surface area contributed by atoms with E-state index in [0.29, 0.717) is 18.7 Å². The first-order chi connectivity index (χ1) is 10.2. The molecule has 21 heavy (non-hydrogen) atoms. The summed E-state index contributed by atoms with van der Waals surface area (Å²) in [4.78, 5) is 16.4. The Morgan fingerprint density at radius 1 is 1.43 bits per heavy atom. The van der Waals surface area contributed by atoms with E-state index < -0.39 is 0 Å². The number of hydrogen-bond donors (Lipinski definition) is 2. The largest absolute Gasteiger partial charge is 0.330 e. The summed E-state index contributed by atoms with van der Waals surface area (Å²) in [7, 11) is 0. The monoisotopic (exact) mass is 285 g/mol. The van der Waals surface area contributed by atoms with E-state index in [1.54, 1.807) is 17.1 Å². The number of rotatable bonds is 5. The van der Waals surface area contributed by atoms with E-state index in [2.05, 4.69) is 15.4 Å². The van der Waals surface area contributed by atoms with Crippen LogP contribution >= 0.6 is 0 Å². The maximum Gasteiger partial charge on any atom is 0.225 e. The molecule has 1 fully saturated rings. The molecule has 6 heteroatoms. The van der Waals surface area contributed by atoms with Crippen LogP contribution in [0.5, 0.6) is 0 Å². The molecule has 6 nitrogen and oxygen atoms in total. The Balaban J connectivity index is 1.61. The normalized spacial score (nSPS) is 16.2. The summed E-state index contributed by atoms with van der Waals surface area (Å²) < 4.78 is 1.67. The molecule has 3 N–H and O–H groups in total. The summed E-state index contributed by atoms with van der Waals surface area (Å²) in [5, 5.41) is 6.99. The summed E-state index contributed by atoms with van der Waals surface area (Å²) in [5.74, 6) is 0.726. The van der Waals surface area contributed by atoms with Crippen LogP contribution in [-0.4, -0.2) is 27.2 Å². The van der Waals surface area contributed by atoms with Gasteiger partial charge in [0.1, 0.15) is 0 Å². The fourth-order valence-corrected chi connectivity index (χ4v) is 2.68. The minimum atomic E-state index is 0.00814. The van der Waals surface area contributed by atoms with Crippen molar-refractivity contribution in [2.75, 3.05) is 11.9 Å². The Kier molecular flexibility index (Phi) is 3.70. The summed E-state index contributed by atoms with van der Waals surface area (Å²) in [6.07, 6.45) is 8.92. The van der Waals surface area contributed by atoms with Gasteiger partial charge in [-0.15, -0.1) is 0 Å². The van der Waals surface area contributed by atoms with Crippen molar-refractivity contribution < 1.29 is 4.79 Å². The molecular formula is C15H19N5O. The average molecular weight is 285 g/mol. The number of aromatic nitrogens is 3. The standard InChI is InChI=1S/C15H19N5O/c16-11-15(5-1-6-15)9-14(21)19-12-3-4-13(17-10-12)20-8-2-7-18-20/h2-4,7-8,10H,1,5-6,9,11,16H2,(H,19,21). The Hall–Kier alpha value is -2.21. The Labute approximate surface area is 123 Å². The molecule has 0 radical (unpaired) electrons. The van der Waals surface area contributed by atoms with Gasteiger partial charge in [-0.1, -0.05) is 6.42 Å². The second-order valence-electron chi connectivity index (χ2n) is 5.64. The molecule has 1 saturated carbocycles. The summed E-state index contributed by atoms with van der Waals surface area (Å²) in [5.41, 5.74) is 6.50. The van der Waals surface area contributed by atoms with Crippen LogP contribution in [0.25, 0.3) is 5.82 Å². The van der Waals surface area contributed by atoms with Crippen LogP contribution in [-0.2, 0) is 4.79 Å². The van der Waals surface area contributed by atoms with E-state index in [1.807, 2.05) is 24.4 Å². The number of nitrogens with zero attached hydrogens (tertiary/aromatic N) is 3. The van der Waals surface area contributed by atoms with Gasteiger partial charge >= 0.3 is 0 Å². The van der Waals surface area contributed by atoms with E-state index in [-0.39, 0.29) is 11.3 Å². The van der Waals surface area contributed by atoms with E-state index in [4.69, 9.17) is 5.73 Å². The smallest absolute Gasteiger partial charge is 0.225 e. The van der Waals surface area contributed by atoms with Crippen LogP contribution in [0.2, 0.25) is 0 Å². The fraction of sp³-hybridized carbons (Fsp3) is 0.400. The summed E-state index contributed by atoms with van der Waals surface area (Å²) in [6, 6.07) is 5.49. The van der Waals surface area contributed by atoms with Crippen LogP contribution in [0.15, 0.2) is 36.8 Å². The molecule has 0 unspecified atom stereocenters. The molecule has 1 aliphatic carbocycles. The molecule has 0 spiro atoms. The third-order valence-corrected chi connectivity index (χ3v) is 4.15. The molecule has 3 rings (SSSR count). The summed E-state index contributed by atoms with van der Waals surface area (Å²) >= 11 is 0. The van der Waals surface area contributed by atoms with Gasteiger partial charge in [0.05, 0.1) is 11.9 Å². The molecule has 0 atom stereocenters. The third kappa shape index (κ3) is 2.95. The molecular weight excluding hydrogens is 266 g/mol. The van der Waals surface area contributed by atoms with Gasteiger partial charge in [0.2, 0.25) is 5.91 Å². The van der Waals surface area contributed by atoms with E-state index >= 15 is 0 Å². The number of pyridine rings is 1. The predicted octanol–water partition coefficient (Wildman–Crippen LogP) is 1.72. The average Bonchev–Trinajstić information content (AvgIpc) is 2.98. The maximum absolute atomic E-state index is 12.1. The highest BCUT2D eigenvalue weighted by Gasteiger charge is 2.37. The van der Waals surface area contributed by atoms with E-state index in [0.717, 1.165) is 18.7 Å². The Morgan fingerprint density at radius 3 is 2.81 bits per heavy atom. The van der Waals surface area contributed by atoms with Gasteiger partial charge in [-0.25, -0.2) is 9.67 Å². The number of nitrogens with two attached hydrogens (primary N) is 1. The number of amides is 1. The highest BCUT2D eigenvalue weighted by molar-refractivity contribution is 5.91. The third-order valence-electron chi connectivity index (χ3n) is 4.15. The van der Waals surface area contributed by atoms with Gasteiger partial charge in [-0.2, -0.15) is 5.10 Å². The zero-order valence-corrected chi connectivity index (χ0v) is 11.8. The first-order valence-corrected chi connectivity index (χ1v) is 7.17. The number of anilines is 1. The van der Waals surface area contributed by atoms with Crippen molar-refractivity contribution in [3.63, 3.8) is 0 Å². The van der Waals surface area contributed by atoms with Crippen LogP contribution < -0.4 is 11.1 Å². The molecule has 2 aromatic heterocycles. The zero-order valence-electron chi connectivity index (χ0n) is 11.8. The Bertz CT molecular complexity index is 596. The zero-order chi connectivity index (χ0) is 14.7. The molecule has 0 bridgehead atoms. The van der Waals surface area contributed by atoms with Crippen LogP contribution in [0, 0.1) is 5.41 Å². The highest BCUT2D eigenvalue weighted by Crippen LogP contribution is 2.43. The predicted molar refractivity (Wildman–Crippen MR) is 79.9 cm³/mol. The number of carbonyl (C=O) groups excluding carboxylic acids is 1. The quantitative estimate of drug-likeness (QED) is 0.876. The number of carbonyl (C=O) groups is 1. The lowest BCUT2D eigenvalue weighted by molar-refractivity contribution is -0.119. The van der Waals surface area contributed by atoms with E-state index in [1.165, 1.54) is 6.42 Å². The lowest BCUT2D eigenvalue weighted by Gasteiger charge is -2.40. The topological polar surface area (TPSA) is 85.8 Å². The van der Waals surface area contributed by atoms with Crippen molar-refractivity contribution in [3.8, 4) is 5.82 Å².